The first kappa shape index (κ1) is 11.4. The predicted octanol–water partition coefficient (Wildman–Crippen LogP) is 1.32. The molecule has 1 heterocycles. The number of hydrogen-bond donors (Lipinski definition) is 0. The smallest absolute Gasteiger partial charge is 0.242 e. The Morgan fingerprint density at radius 2 is 2.25 bits per heavy atom. The van der Waals surface area contributed by atoms with Crippen molar-refractivity contribution in [3.05, 3.63) is 0 Å². The monoisotopic (exact) mass is 222 g/mol. The summed E-state index contributed by atoms with van der Waals surface area (Å²) in [6.07, 6.45) is 3.37. The van der Waals surface area contributed by atoms with Gasteiger partial charge in [-0.25, -0.2) is 0 Å². The largest absolute Gasteiger partial charge is 0.374 e. The number of carbonyl (C=O) groups is 1. The highest BCUT2D eigenvalue weighted by atomic mass is 16.5. The number of rotatable bonds is 1. The van der Waals surface area contributed by atoms with Gasteiger partial charge in [0.2, 0.25) is 5.91 Å². The minimum Gasteiger partial charge on any atom is -0.374 e. The third kappa shape index (κ3) is 1.80. The number of nitrogens with zero attached hydrogens (tertiary/aromatic N) is 2. The molecule has 1 saturated heterocycles. The molecule has 0 radical (unpaired) electrons. The van der Waals surface area contributed by atoms with Crippen molar-refractivity contribution >= 4 is 5.91 Å². The first-order valence-electron chi connectivity index (χ1n) is 5.90. The Bertz CT molecular complexity index is 332. The number of ether oxygens (including phenoxy) is 1. The van der Waals surface area contributed by atoms with Crippen molar-refractivity contribution in [3.63, 3.8) is 0 Å². The highest BCUT2D eigenvalue weighted by Gasteiger charge is 2.42. The minimum atomic E-state index is -0.912. The fourth-order valence-electron chi connectivity index (χ4n) is 2.58. The van der Waals surface area contributed by atoms with Gasteiger partial charge in [0.25, 0.3) is 0 Å². The summed E-state index contributed by atoms with van der Waals surface area (Å²) in [5, 5.41) is 9.01. The van der Waals surface area contributed by atoms with Gasteiger partial charge in [0, 0.05) is 6.54 Å². The van der Waals surface area contributed by atoms with E-state index in [0.717, 1.165) is 19.3 Å². The Hall–Kier alpha value is -1.08. The maximum atomic E-state index is 12.2. The second kappa shape index (κ2) is 4.06. The van der Waals surface area contributed by atoms with Gasteiger partial charge in [0.05, 0.1) is 24.8 Å². The van der Waals surface area contributed by atoms with Crippen molar-refractivity contribution in [1.82, 2.24) is 4.90 Å². The summed E-state index contributed by atoms with van der Waals surface area (Å²) in [4.78, 5) is 14.1. The molecular formula is C12H18N2O2. The van der Waals surface area contributed by atoms with Gasteiger partial charge in [-0.15, -0.1) is 0 Å². The molecule has 4 heteroatoms. The first-order chi connectivity index (χ1) is 7.56. The molecule has 88 valence electrons. The summed E-state index contributed by atoms with van der Waals surface area (Å²) >= 11 is 0. The first-order valence-corrected chi connectivity index (χ1v) is 5.90. The van der Waals surface area contributed by atoms with Crippen LogP contribution in [0.1, 0.15) is 33.1 Å². The Labute approximate surface area is 96.2 Å². The number of nitriles is 1. The van der Waals surface area contributed by atoms with Gasteiger partial charge in [-0.2, -0.15) is 5.26 Å². The van der Waals surface area contributed by atoms with E-state index in [-0.39, 0.29) is 18.1 Å². The molecule has 1 amide bonds. The molecule has 4 nitrogen and oxygen atoms in total. The third-order valence-electron chi connectivity index (χ3n) is 3.56. The van der Waals surface area contributed by atoms with E-state index < -0.39 is 5.41 Å². The summed E-state index contributed by atoms with van der Waals surface area (Å²) in [7, 11) is 0. The Morgan fingerprint density at radius 1 is 1.50 bits per heavy atom. The summed E-state index contributed by atoms with van der Waals surface area (Å²) < 4.78 is 5.65. The maximum Gasteiger partial charge on any atom is 0.242 e. The van der Waals surface area contributed by atoms with Crippen LogP contribution in [0.2, 0.25) is 0 Å². The van der Waals surface area contributed by atoms with Crippen LogP contribution in [0.3, 0.4) is 0 Å². The van der Waals surface area contributed by atoms with Gasteiger partial charge in [0.15, 0.2) is 0 Å². The number of carbonyl (C=O) groups excluding carboxylic acids is 1. The SMILES string of the molecule is CC(C)(C#N)C(=O)N1CCOC2CCCC21. The molecule has 1 aliphatic carbocycles. The second-order valence-electron chi connectivity index (χ2n) is 5.14. The lowest BCUT2D eigenvalue weighted by atomic mass is 9.92. The summed E-state index contributed by atoms with van der Waals surface area (Å²) in [6.45, 7) is 4.61. The summed E-state index contributed by atoms with van der Waals surface area (Å²) in [6, 6.07) is 2.29. The lowest BCUT2D eigenvalue weighted by Crippen LogP contribution is -2.54. The van der Waals surface area contributed by atoms with Gasteiger partial charge in [-0.3, -0.25) is 4.79 Å². The minimum absolute atomic E-state index is 0.0461. The van der Waals surface area contributed by atoms with Gasteiger partial charge < -0.3 is 9.64 Å². The third-order valence-corrected chi connectivity index (χ3v) is 3.56. The van der Waals surface area contributed by atoms with Crippen LogP contribution in [0.5, 0.6) is 0 Å². The van der Waals surface area contributed by atoms with Crippen molar-refractivity contribution in [2.45, 2.75) is 45.3 Å². The van der Waals surface area contributed by atoms with Crippen molar-refractivity contribution in [1.29, 1.82) is 5.26 Å². The van der Waals surface area contributed by atoms with Crippen LogP contribution in [-0.4, -0.2) is 36.1 Å². The van der Waals surface area contributed by atoms with Crippen molar-refractivity contribution in [2.24, 2.45) is 5.41 Å². The van der Waals surface area contributed by atoms with Crippen molar-refractivity contribution in [3.8, 4) is 6.07 Å². The standard InChI is InChI=1S/C12H18N2O2/c1-12(2,8-13)11(15)14-6-7-16-10-5-3-4-9(10)14/h9-10H,3-7H2,1-2H3. The number of hydrogen-bond acceptors (Lipinski definition) is 3. The maximum absolute atomic E-state index is 12.2. The van der Waals surface area contributed by atoms with E-state index in [1.54, 1.807) is 13.8 Å². The molecule has 2 aliphatic rings. The molecule has 0 aromatic heterocycles. The molecule has 2 fully saturated rings. The molecule has 1 saturated carbocycles. The molecule has 0 N–H and O–H groups in total. The van der Waals surface area contributed by atoms with Crippen LogP contribution >= 0.6 is 0 Å². The van der Waals surface area contributed by atoms with Crippen LogP contribution in [0.4, 0.5) is 0 Å². The second-order valence-corrected chi connectivity index (χ2v) is 5.14. The lowest BCUT2D eigenvalue weighted by Gasteiger charge is -2.39. The molecule has 0 aromatic carbocycles. The fourth-order valence-corrected chi connectivity index (χ4v) is 2.58. The molecule has 0 bridgehead atoms. The average molecular weight is 222 g/mol. The molecule has 16 heavy (non-hydrogen) atoms. The van der Waals surface area contributed by atoms with Crippen LogP contribution < -0.4 is 0 Å². The van der Waals surface area contributed by atoms with E-state index in [2.05, 4.69) is 6.07 Å². The Balaban J connectivity index is 2.14. The zero-order valence-electron chi connectivity index (χ0n) is 9.90. The molecule has 1 aliphatic heterocycles. The van der Waals surface area contributed by atoms with Gasteiger partial charge in [0.1, 0.15) is 5.41 Å². The zero-order valence-corrected chi connectivity index (χ0v) is 9.90. The average Bonchev–Trinajstić information content (AvgIpc) is 2.75. The van der Waals surface area contributed by atoms with Gasteiger partial charge >= 0.3 is 0 Å². The summed E-state index contributed by atoms with van der Waals surface area (Å²) in [5.41, 5.74) is -0.912. The normalized spacial score (nSPS) is 29.7. The summed E-state index contributed by atoms with van der Waals surface area (Å²) in [5.74, 6) is -0.0461. The number of morpholine rings is 1. The highest BCUT2D eigenvalue weighted by molar-refractivity contribution is 5.85. The molecule has 2 rings (SSSR count). The number of fused-ring (bicyclic) bond motifs is 1. The Kier molecular flexibility index (Phi) is 2.90. The molecule has 2 atom stereocenters. The predicted molar refractivity (Wildman–Crippen MR) is 58.5 cm³/mol. The molecule has 0 spiro atoms. The van der Waals surface area contributed by atoms with E-state index in [9.17, 15) is 4.79 Å². The van der Waals surface area contributed by atoms with E-state index >= 15 is 0 Å². The van der Waals surface area contributed by atoms with E-state index in [4.69, 9.17) is 10.00 Å². The van der Waals surface area contributed by atoms with E-state index in [0.29, 0.717) is 13.2 Å². The number of amides is 1. The fraction of sp³-hybridized carbons (Fsp3) is 0.833. The quantitative estimate of drug-likeness (QED) is 0.672. The van der Waals surface area contributed by atoms with Crippen LogP contribution in [0.25, 0.3) is 0 Å². The van der Waals surface area contributed by atoms with Crippen LogP contribution in [0, 0.1) is 16.7 Å². The van der Waals surface area contributed by atoms with Crippen molar-refractivity contribution < 1.29 is 9.53 Å². The topological polar surface area (TPSA) is 53.3 Å². The molecule has 0 aromatic rings. The van der Waals surface area contributed by atoms with Crippen LogP contribution in [0.15, 0.2) is 0 Å². The Morgan fingerprint density at radius 3 is 2.94 bits per heavy atom. The molecular weight excluding hydrogens is 204 g/mol. The van der Waals surface area contributed by atoms with E-state index in [1.807, 2.05) is 4.90 Å². The van der Waals surface area contributed by atoms with Gasteiger partial charge in [-0.1, -0.05) is 0 Å². The highest BCUT2D eigenvalue weighted by Crippen LogP contribution is 2.32. The van der Waals surface area contributed by atoms with Crippen LogP contribution in [-0.2, 0) is 9.53 Å². The zero-order chi connectivity index (χ0) is 11.8. The lowest BCUT2D eigenvalue weighted by molar-refractivity contribution is -0.150. The van der Waals surface area contributed by atoms with Crippen molar-refractivity contribution in [2.75, 3.05) is 13.2 Å². The molecule has 2 unspecified atom stereocenters. The van der Waals surface area contributed by atoms with E-state index in [1.165, 1.54) is 0 Å². The van der Waals surface area contributed by atoms with Gasteiger partial charge in [-0.05, 0) is 33.1 Å².